The van der Waals surface area contributed by atoms with E-state index in [1.54, 1.807) is 12.1 Å². The van der Waals surface area contributed by atoms with E-state index in [1.165, 1.54) is 0 Å². The average molecular weight is 355 g/mol. The number of amides is 2. The smallest absolute Gasteiger partial charge is 0.327 e. The number of carbonyl (C=O) groups is 1. The van der Waals surface area contributed by atoms with Gasteiger partial charge in [0.05, 0.1) is 0 Å². The highest BCUT2D eigenvalue weighted by Crippen LogP contribution is 2.34. The van der Waals surface area contributed by atoms with Gasteiger partial charge in [-0.3, -0.25) is 5.32 Å². The van der Waals surface area contributed by atoms with E-state index in [0.717, 1.165) is 11.1 Å². The van der Waals surface area contributed by atoms with Crippen LogP contribution in [0.3, 0.4) is 0 Å². The first-order valence-corrected chi connectivity index (χ1v) is 8.54. The van der Waals surface area contributed by atoms with Crippen LogP contribution in [0.1, 0.15) is 0 Å². The molecule has 5 heteroatoms. The molecule has 132 valence electrons. The fourth-order valence-electron chi connectivity index (χ4n) is 2.73. The third kappa shape index (κ3) is 3.88. The van der Waals surface area contributed by atoms with E-state index in [2.05, 4.69) is 15.6 Å². The maximum absolute atomic E-state index is 12.3. The van der Waals surface area contributed by atoms with Crippen LogP contribution in [0.5, 0.6) is 0 Å². The van der Waals surface area contributed by atoms with Crippen LogP contribution in [0.15, 0.2) is 95.4 Å². The Hall–Kier alpha value is -3.86. The molecule has 0 aliphatic carbocycles. The largest absolute Gasteiger partial charge is 0.423 e. The minimum Gasteiger partial charge on any atom is -0.423 e. The number of benzene rings is 3. The minimum atomic E-state index is -0.415. The first kappa shape index (κ1) is 16.6. The fourth-order valence-corrected chi connectivity index (χ4v) is 2.73. The van der Waals surface area contributed by atoms with Gasteiger partial charge in [0.25, 0.3) is 0 Å². The summed E-state index contributed by atoms with van der Waals surface area (Å²) in [6, 6.07) is 28.3. The van der Waals surface area contributed by atoms with Crippen LogP contribution in [-0.4, -0.2) is 11.0 Å². The van der Waals surface area contributed by atoms with Crippen molar-refractivity contribution in [1.82, 2.24) is 4.98 Å². The maximum Gasteiger partial charge on any atom is 0.327 e. The van der Waals surface area contributed by atoms with Crippen LogP contribution in [0.2, 0.25) is 0 Å². The van der Waals surface area contributed by atoms with Gasteiger partial charge in [0.15, 0.2) is 5.76 Å². The Morgan fingerprint density at radius 1 is 0.704 bits per heavy atom. The fraction of sp³-hybridized carbons (Fsp3) is 0. The number of para-hydroxylation sites is 1. The summed E-state index contributed by atoms with van der Waals surface area (Å²) >= 11 is 0. The Morgan fingerprint density at radius 3 is 1.89 bits per heavy atom. The molecule has 0 aliphatic rings. The molecule has 0 unspecified atom stereocenters. The van der Waals surface area contributed by atoms with Crippen LogP contribution < -0.4 is 10.6 Å². The zero-order valence-corrected chi connectivity index (χ0v) is 14.4. The van der Waals surface area contributed by atoms with Gasteiger partial charge in [-0.25, -0.2) is 4.79 Å². The van der Waals surface area contributed by atoms with Crippen LogP contribution in [0, 0.1) is 0 Å². The third-order valence-electron chi connectivity index (χ3n) is 3.96. The van der Waals surface area contributed by atoms with Gasteiger partial charge >= 0.3 is 12.0 Å². The van der Waals surface area contributed by atoms with E-state index >= 15 is 0 Å². The molecule has 0 radical (unpaired) electrons. The van der Waals surface area contributed by atoms with Gasteiger partial charge in [-0.15, -0.1) is 0 Å². The Labute approximate surface area is 156 Å². The standard InChI is InChI=1S/C22H17N3O2/c26-21(23-18-14-8-3-9-15-18)25-22-24-19(16-10-4-1-5-11-16)20(27-22)17-12-6-2-7-13-17/h1-15H,(H2,23,24,25,26). The molecule has 3 aromatic carbocycles. The number of urea groups is 1. The van der Waals surface area contributed by atoms with E-state index < -0.39 is 6.03 Å². The molecule has 1 heterocycles. The van der Waals surface area contributed by atoms with Crippen molar-refractivity contribution in [3.05, 3.63) is 91.0 Å². The van der Waals surface area contributed by atoms with Crippen molar-refractivity contribution in [2.24, 2.45) is 0 Å². The van der Waals surface area contributed by atoms with E-state index in [-0.39, 0.29) is 6.01 Å². The second-order valence-corrected chi connectivity index (χ2v) is 5.87. The first-order valence-electron chi connectivity index (χ1n) is 8.54. The van der Waals surface area contributed by atoms with Crippen molar-refractivity contribution in [2.75, 3.05) is 10.6 Å². The van der Waals surface area contributed by atoms with Gasteiger partial charge in [0.1, 0.15) is 5.69 Å². The highest BCUT2D eigenvalue weighted by molar-refractivity contribution is 5.98. The summed E-state index contributed by atoms with van der Waals surface area (Å²) in [7, 11) is 0. The lowest BCUT2D eigenvalue weighted by atomic mass is 10.1. The number of hydrogen-bond donors (Lipinski definition) is 2. The van der Waals surface area contributed by atoms with Crippen LogP contribution in [0.25, 0.3) is 22.6 Å². The zero-order valence-electron chi connectivity index (χ0n) is 14.4. The highest BCUT2D eigenvalue weighted by Gasteiger charge is 2.18. The van der Waals surface area contributed by atoms with E-state index in [4.69, 9.17) is 4.42 Å². The van der Waals surface area contributed by atoms with Crippen molar-refractivity contribution in [1.29, 1.82) is 0 Å². The summed E-state index contributed by atoms with van der Waals surface area (Å²) in [4.78, 5) is 16.8. The average Bonchev–Trinajstić information content (AvgIpc) is 3.14. The molecule has 4 aromatic rings. The van der Waals surface area contributed by atoms with E-state index in [1.807, 2.05) is 78.9 Å². The van der Waals surface area contributed by atoms with Gasteiger partial charge in [-0.1, -0.05) is 78.9 Å². The van der Waals surface area contributed by atoms with Crippen LogP contribution in [-0.2, 0) is 0 Å². The molecule has 1 aromatic heterocycles. The topological polar surface area (TPSA) is 67.2 Å². The number of oxazole rings is 1. The lowest BCUT2D eigenvalue weighted by Gasteiger charge is -2.04. The third-order valence-corrected chi connectivity index (χ3v) is 3.96. The number of aromatic nitrogens is 1. The molecular formula is C22H17N3O2. The van der Waals surface area contributed by atoms with Crippen LogP contribution in [0.4, 0.5) is 16.5 Å². The van der Waals surface area contributed by atoms with Gasteiger partial charge in [-0.05, 0) is 12.1 Å². The number of rotatable bonds is 4. The molecule has 0 fully saturated rings. The van der Waals surface area contributed by atoms with Gasteiger partial charge in [0.2, 0.25) is 0 Å². The monoisotopic (exact) mass is 355 g/mol. The van der Waals surface area contributed by atoms with Crippen molar-refractivity contribution in [3.63, 3.8) is 0 Å². The summed E-state index contributed by atoms with van der Waals surface area (Å²) < 4.78 is 5.88. The minimum absolute atomic E-state index is 0.140. The molecule has 0 aliphatic heterocycles. The number of hydrogen-bond acceptors (Lipinski definition) is 3. The zero-order chi connectivity index (χ0) is 18.5. The SMILES string of the molecule is O=C(Nc1ccccc1)Nc1nc(-c2ccccc2)c(-c2ccccc2)o1. The molecule has 0 atom stereocenters. The molecule has 2 N–H and O–H groups in total. The second kappa shape index (κ2) is 7.58. The Morgan fingerprint density at radius 2 is 1.26 bits per heavy atom. The molecule has 2 amide bonds. The molecule has 0 spiro atoms. The molecule has 5 nitrogen and oxygen atoms in total. The number of anilines is 2. The molecular weight excluding hydrogens is 338 g/mol. The predicted octanol–water partition coefficient (Wildman–Crippen LogP) is 5.65. The summed E-state index contributed by atoms with van der Waals surface area (Å²) in [5, 5.41) is 5.41. The van der Waals surface area contributed by atoms with Gasteiger partial charge in [-0.2, -0.15) is 4.98 Å². The maximum atomic E-state index is 12.3. The lowest BCUT2D eigenvalue weighted by molar-refractivity contribution is 0.261. The molecule has 0 saturated carbocycles. The molecule has 4 rings (SSSR count). The molecule has 27 heavy (non-hydrogen) atoms. The van der Waals surface area contributed by atoms with Crippen molar-refractivity contribution >= 4 is 17.7 Å². The Kier molecular flexibility index (Phi) is 4.66. The predicted molar refractivity (Wildman–Crippen MR) is 106 cm³/mol. The lowest BCUT2D eigenvalue weighted by Crippen LogP contribution is -2.19. The summed E-state index contributed by atoms with van der Waals surface area (Å²) in [5.41, 5.74) is 3.17. The first-order chi connectivity index (χ1) is 13.3. The second-order valence-electron chi connectivity index (χ2n) is 5.87. The highest BCUT2D eigenvalue weighted by atomic mass is 16.4. The van der Waals surface area contributed by atoms with Crippen molar-refractivity contribution in [3.8, 4) is 22.6 Å². The number of nitrogens with one attached hydrogen (secondary N) is 2. The molecule has 0 bridgehead atoms. The quantitative estimate of drug-likeness (QED) is 0.497. The van der Waals surface area contributed by atoms with Crippen molar-refractivity contribution in [2.45, 2.75) is 0 Å². The summed E-state index contributed by atoms with van der Waals surface area (Å²) in [6.45, 7) is 0. The Balaban J connectivity index is 1.64. The molecule has 0 saturated heterocycles. The van der Waals surface area contributed by atoms with E-state index in [0.29, 0.717) is 17.1 Å². The number of carbonyl (C=O) groups excluding carboxylic acids is 1. The van der Waals surface area contributed by atoms with E-state index in [9.17, 15) is 4.79 Å². The summed E-state index contributed by atoms with van der Waals surface area (Å²) in [5.74, 6) is 0.608. The van der Waals surface area contributed by atoms with Gasteiger partial charge in [0, 0.05) is 16.8 Å². The normalized spacial score (nSPS) is 10.4. The van der Waals surface area contributed by atoms with Crippen LogP contribution >= 0.6 is 0 Å². The number of nitrogens with zero attached hydrogens (tertiary/aromatic N) is 1. The van der Waals surface area contributed by atoms with Gasteiger partial charge < -0.3 is 9.73 Å². The Bertz CT molecular complexity index is 972. The van der Waals surface area contributed by atoms with Crippen molar-refractivity contribution < 1.29 is 9.21 Å². The summed E-state index contributed by atoms with van der Waals surface area (Å²) in [6.07, 6.45) is 0.